The summed E-state index contributed by atoms with van der Waals surface area (Å²) in [6, 6.07) is 6.59. The second-order valence-electron chi connectivity index (χ2n) is 6.60. The van der Waals surface area contributed by atoms with Crippen molar-refractivity contribution in [2.24, 2.45) is 5.73 Å². The van der Waals surface area contributed by atoms with Crippen molar-refractivity contribution in [3.63, 3.8) is 0 Å². The Morgan fingerprint density at radius 2 is 1.93 bits per heavy atom. The Labute approximate surface area is 163 Å². The van der Waals surface area contributed by atoms with Gasteiger partial charge in [0, 0.05) is 5.56 Å². The van der Waals surface area contributed by atoms with Crippen molar-refractivity contribution in [2.75, 3.05) is 19.8 Å². The molecule has 1 aromatic heterocycles. The monoisotopic (exact) mass is 412 g/mol. The number of amides is 1. The summed E-state index contributed by atoms with van der Waals surface area (Å²) in [6.45, 7) is 2.97. The largest absolute Gasteiger partial charge is 0.491 e. The molecule has 0 spiro atoms. The van der Waals surface area contributed by atoms with Gasteiger partial charge in [-0.25, -0.2) is 0 Å². The molecule has 0 aliphatic carbocycles. The molecular weight excluding hydrogens is 393 g/mol. The summed E-state index contributed by atoms with van der Waals surface area (Å²) in [5.41, 5.74) is 1.83. The van der Waals surface area contributed by atoms with Crippen LogP contribution in [0.5, 0.6) is 5.75 Å². The number of H-pyrrole nitrogens is 1. The molecule has 3 N–H and O–H groups in total. The standard InChI is InChI=1S/C19H19F3N2O5/c1-10-7-28-13(8-27-10)9-29-12-4-2-11(3-5-12)14-6-15(17(23)25)18(26)24-16(14)19(20,21)22/h2-6,10,13H,7-9H2,1H3,(H2,23,25)(H,24,26)/t10-,13+/m0/s1. The van der Waals surface area contributed by atoms with Gasteiger partial charge in [-0.3, -0.25) is 9.59 Å². The van der Waals surface area contributed by atoms with Crippen molar-refractivity contribution < 1.29 is 32.2 Å². The maximum absolute atomic E-state index is 13.3. The minimum absolute atomic E-state index is 0.0240. The predicted molar refractivity (Wildman–Crippen MR) is 96.7 cm³/mol. The Morgan fingerprint density at radius 3 is 2.48 bits per heavy atom. The second kappa shape index (κ2) is 8.26. The van der Waals surface area contributed by atoms with Gasteiger partial charge in [-0.1, -0.05) is 12.1 Å². The van der Waals surface area contributed by atoms with Crippen LogP contribution in [0.4, 0.5) is 13.2 Å². The number of ether oxygens (including phenoxy) is 3. The van der Waals surface area contributed by atoms with Gasteiger partial charge in [0.25, 0.3) is 11.5 Å². The number of aromatic amines is 1. The first kappa shape index (κ1) is 20.9. The van der Waals surface area contributed by atoms with Gasteiger partial charge in [0.2, 0.25) is 0 Å². The van der Waals surface area contributed by atoms with E-state index >= 15 is 0 Å². The molecule has 7 nitrogen and oxygen atoms in total. The lowest BCUT2D eigenvalue weighted by Gasteiger charge is -2.27. The number of carbonyl (C=O) groups is 1. The number of alkyl halides is 3. The maximum Gasteiger partial charge on any atom is 0.431 e. The molecule has 1 aliphatic rings. The van der Waals surface area contributed by atoms with Gasteiger partial charge in [-0.15, -0.1) is 0 Å². The highest BCUT2D eigenvalue weighted by molar-refractivity contribution is 5.93. The summed E-state index contributed by atoms with van der Waals surface area (Å²) in [5.74, 6) is -0.700. The smallest absolute Gasteiger partial charge is 0.431 e. The molecule has 0 radical (unpaired) electrons. The molecule has 156 valence electrons. The number of hydrogen-bond donors (Lipinski definition) is 2. The van der Waals surface area contributed by atoms with Crippen LogP contribution in [0.1, 0.15) is 23.0 Å². The molecule has 10 heteroatoms. The average Bonchev–Trinajstić information content (AvgIpc) is 2.67. The van der Waals surface area contributed by atoms with E-state index in [9.17, 15) is 22.8 Å². The molecule has 1 aromatic carbocycles. The van der Waals surface area contributed by atoms with E-state index in [-0.39, 0.29) is 29.9 Å². The lowest BCUT2D eigenvalue weighted by molar-refractivity contribution is -0.140. The Balaban J connectivity index is 1.82. The van der Waals surface area contributed by atoms with Gasteiger partial charge >= 0.3 is 6.18 Å². The van der Waals surface area contributed by atoms with Crippen molar-refractivity contribution in [3.8, 4) is 16.9 Å². The first-order chi connectivity index (χ1) is 13.6. The minimum atomic E-state index is -4.82. The zero-order valence-corrected chi connectivity index (χ0v) is 15.4. The summed E-state index contributed by atoms with van der Waals surface area (Å²) in [5, 5.41) is 0. The number of carbonyl (C=O) groups excluding carboxylic acids is 1. The normalized spacial score (nSPS) is 19.7. The average molecular weight is 412 g/mol. The molecule has 2 heterocycles. The van der Waals surface area contributed by atoms with Crippen LogP contribution in [-0.2, 0) is 15.7 Å². The fourth-order valence-corrected chi connectivity index (χ4v) is 2.82. The molecular formula is C19H19F3N2O5. The van der Waals surface area contributed by atoms with Crippen LogP contribution in [0.25, 0.3) is 11.1 Å². The highest BCUT2D eigenvalue weighted by atomic mass is 19.4. The predicted octanol–water partition coefficient (Wildman–Crippen LogP) is 2.34. The third-order valence-corrected chi connectivity index (χ3v) is 4.32. The van der Waals surface area contributed by atoms with E-state index in [0.717, 1.165) is 6.07 Å². The van der Waals surface area contributed by atoms with Crippen LogP contribution in [0.2, 0.25) is 0 Å². The van der Waals surface area contributed by atoms with E-state index in [1.807, 2.05) is 6.92 Å². The molecule has 29 heavy (non-hydrogen) atoms. The molecule has 1 aliphatic heterocycles. The van der Waals surface area contributed by atoms with Gasteiger partial charge in [0.1, 0.15) is 29.7 Å². The number of nitrogens with one attached hydrogen (secondary N) is 1. The molecule has 0 saturated carbocycles. The topological polar surface area (TPSA) is 104 Å². The maximum atomic E-state index is 13.3. The van der Waals surface area contributed by atoms with Crippen molar-refractivity contribution in [3.05, 3.63) is 51.9 Å². The van der Waals surface area contributed by atoms with E-state index < -0.39 is 28.9 Å². The molecule has 3 rings (SSSR count). The number of hydrogen-bond acceptors (Lipinski definition) is 5. The molecule has 2 aromatic rings. The Hall–Kier alpha value is -2.85. The fourth-order valence-electron chi connectivity index (χ4n) is 2.82. The lowest BCUT2D eigenvalue weighted by atomic mass is 10.0. The van der Waals surface area contributed by atoms with E-state index in [1.165, 1.54) is 24.3 Å². The molecule has 0 unspecified atom stereocenters. The molecule has 1 saturated heterocycles. The first-order valence-corrected chi connectivity index (χ1v) is 8.76. The van der Waals surface area contributed by atoms with Gasteiger partial charge in [0.05, 0.1) is 19.3 Å². The number of benzene rings is 1. The van der Waals surface area contributed by atoms with E-state index in [4.69, 9.17) is 19.9 Å². The minimum Gasteiger partial charge on any atom is -0.491 e. The number of pyridine rings is 1. The van der Waals surface area contributed by atoms with Crippen molar-refractivity contribution >= 4 is 5.91 Å². The molecule has 0 bridgehead atoms. The van der Waals surface area contributed by atoms with E-state index in [2.05, 4.69) is 0 Å². The van der Waals surface area contributed by atoms with Gasteiger partial charge in [-0.05, 0) is 30.7 Å². The highest BCUT2D eigenvalue weighted by Crippen LogP contribution is 2.35. The Morgan fingerprint density at radius 1 is 1.24 bits per heavy atom. The molecule has 1 amide bonds. The zero-order chi connectivity index (χ0) is 21.2. The van der Waals surface area contributed by atoms with Crippen LogP contribution < -0.4 is 16.0 Å². The fraction of sp³-hybridized carbons (Fsp3) is 0.368. The van der Waals surface area contributed by atoms with Gasteiger partial charge in [-0.2, -0.15) is 13.2 Å². The number of nitrogens with two attached hydrogens (primary N) is 1. The Kier molecular flexibility index (Phi) is 5.94. The van der Waals surface area contributed by atoms with Crippen molar-refractivity contribution in [2.45, 2.75) is 25.3 Å². The number of halogens is 3. The second-order valence-corrected chi connectivity index (χ2v) is 6.60. The van der Waals surface area contributed by atoms with E-state index in [0.29, 0.717) is 19.0 Å². The number of aromatic nitrogens is 1. The summed E-state index contributed by atoms with van der Waals surface area (Å²) in [7, 11) is 0. The lowest BCUT2D eigenvalue weighted by Crippen LogP contribution is -2.37. The Bertz CT molecular complexity index is 932. The quantitative estimate of drug-likeness (QED) is 0.785. The zero-order valence-electron chi connectivity index (χ0n) is 15.4. The van der Waals surface area contributed by atoms with Gasteiger partial charge < -0.3 is 24.9 Å². The van der Waals surface area contributed by atoms with E-state index in [1.54, 1.807) is 4.98 Å². The van der Waals surface area contributed by atoms with Crippen molar-refractivity contribution in [1.29, 1.82) is 0 Å². The summed E-state index contributed by atoms with van der Waals surface area (Å²) >= 11 is 0. The molecule has 1 fully saturated rings. The van der Waals surface area contributed by atoms with Crippen molar-refractivity contribution in [1.82, 2.24) is 4.98 Å². The summed E-state index contributed by atoms with van der Waals surface area (Å²) in [4.78, 5) is 24.8. The van der Waals surface area contributed by atoms with Gasteiger partial charge in [0.15, 0.2) is 0 Å². The third kappa shape index (κ3) is 4.96. The van der Waals surface area contributed by atoms with Crippen LogP contribution in [0, 0.1) is 0 Å². The van der Waals surface area contributed by atoms with Crippen LogP contribution in [-0.4, -0.2) is 42.9 Å². The van der Waals surface area contributed by atoms with Crippen LogP contribution >= 0.6 is 0 Å². The number of primary amides is 1. The summed E-state index contributed by atoms with van der Waals surface area (Å²) in [6.07, 6.45) is -5.04. The van der Waals surface area contributed by atoms with Crippen LogP contribution in [0.3, 0.4) is 0 Å². The number of rotatable bonds is 5. The first-order valence-electron chi connectivity index (χ1n) is 8.76. The highest BCUT2D eigenvalue weighted by Gasteiger charge is 2.36. The summed E-state index contributed by atoms with van der Waals surface area (Å²) < 4.78 is 56.6. The molecule has 2 atom stereocenters. The SMILES string of the molecule is C[C@H]1CO[C@@H](COc2ccc(-c3cc(C(N)=O)c(=O)[nH]c3C(F)(F)F)cc2)CO1. The van der Waals surface area contributed by atoms with Crippen LogP contribution in [0.15, 0.2) is 35.1 Å². The third-order valence-electron chi connectivity index (χ3n) is 4.32.